The molecule has 26 heavy (non-hydrogen) atoms. The highest BCUT2D eigenvalue weighted by Gasteiger charge is 2.44. The molecule has 3 fully saturated rings. The Balaban J connectivity index is 1.80. The van der Waals surface area contributed by atoms with Crippen molar-refractivity contribution in [1.82, 2.24) is 18.4 Å². The van der Waals surface area contributed by atoms with Crippen molar-refractivity contribution in [2.24, 2.45) is 5.92 Å². The van der Waals surface area contributed by atoms with Crippen molar-refractivity contribution in [2.75, 3.05) is 59.0 Å². The molecule has 3 aliphatic rings. The number of carbonyl (C=O) groups is 2. The fourth-order valence-corrected chi connectivity index (χ4v) is 5.38. The molecule has 1 unspecified atom stereocenters. The van der Waals surface area contributed by atoms with Crippen LogP contribution >= 0.6 is 0 Å². The number of fused-ring (bicyclic) bond motifs is 1. The van der Waals surface area contributed by atoms with E-state index in [-0.39, 0.29) is 30.8 Å². The average Bonchev–Trinajstić information content (AvgIpc) is 2.84. The van der Waals surface area contributed by atoms with E-state index in [0.29, 0.717) is 52.4 Å². The van der Waals surface area contributed by atoms with Crippen molar-refractivity contribution in [1.29, 1.82) is 0 Å². The Morgan fingerprint density at radius 2 is 1.77 bits per heavy atom. The van der Waals surface area contributed by atoms with Crippen LogP contribution in [0.5, 0.6) is 0 Å². The summed E-state index contributed by atoms with van der Waals surface area (Å²) in [5, 5.41) is 0. The van der Waals surface area contributed by atoms with Gasteiger partial charge in [0.15, 0.2) is 0 Å². The van der Waals surface area contributed by atoms with E-state index in [1.54, 1.807) is 9.80 Å². The topological polar surface area (TPSA) is 90.5 Å². The smallest absolute Gasteiger partial charge is 0.282 e. The summed E-state index contributed by atoms with van der Waals surface area (Å²) in [7, 11) is -3.66. The Morgan fingerprint density at radius 3 is 2.42 bits per heavy atom. The first-order valence-corrected chi connectivity index (χ1v) is 10.6. The Kier molecular flexibility index (Phi) is 5.85. The molecule has 9 nitrogen and oxygen atoms in total. The molecule has 10 heteroatoms. The lowest BCUT2D eigenvalue weighted by Crippen LogP contribution is -2.63. The van der Waals surface area contributed by atoms with Crippen molar-refractivity contribution in [3.05, 3.63) is 0 Å². The molecule has 0 N–H and O–H groups in total. The van der Waals surface area contributed by atoms with Gasteiger partial charge in [-0.2, -0.15) is 17.0 Å². The molecule has 3 saturated heterocycles. The molecule has 2 amide bonds. The molecule has 0 radical (unpaired) electrons. The molecule has 148 valence electrons. The summed E-state index contributed by atoms with van der Waals surface area (Å²) in [5.41, 5.74) is 0. The summed E-state index contributed by atoms with van der Waals surface area (Å²) >= 11 is 0. The first kappa shape index (κ1) is 19.5. The zero-order valence-corrected chi connectivity index (χ0v) is 16.3. The van der Waals surface area contributed by atoms with Crippen LogP contribution in [0.4, 0.5) is 0 Å². The summed E-state index contributed by atoms with van der Waals surface area (Å²) in [6, 6.07) is -0.728. The third kappa shape index (κ3) is 3.88. The van der Waals surface area contributed by atoms with Crippen LogP contribution in [0.2, 0.25) is 0 Å². The van der Waals surface area contributed by atoms with Gasteiger partial charge in [-0.05, 0) is 12.3 Å². The normalized spacial score (nSPS) is 27.0. The highest BCUT2D eigenvalue weighted by Crippen LogP contribution is 2.22. The number of amides is 2. The van der Waals surface area contributed by atoms with Gasteiger partial charge in [-0.3, -0.25) is 9.59 Å². The van der Waals surface area contributed by atoms with Gasteiger partial charge in [-0.15, -0.1) is 0 Å². The van der Waals surface area contributed by atoms with E-state index in [1.165, 1.54) is 8.61 Å². The van der Waals surface area contributed by atoms with Crippen molar-refractivity contribution < 1.29 is 22.7 Å². The number of nitrogens with zero attached hydrogens (tertiary/aromatic N) is 4. The van der Waals surface area contributed by atoms with Crippen LogP contribution in [0, 0.1) is 5.92 Å². The van der Waals surface area contributed by atoms with E-state index in [1.807, 2.05) is 13.8 Å². The first-order valence-electron chi connectivity index (χ1n) is 9.22. The van der Waals surface area contributed by atoms with Crippen molar-refractivity contribution in [2.45, 2.75) is 26.3 Å². The third-order valence-electron chi connectivity index (χ3n) is 5.01. The molecule has 0 aromatic carbocycles. The van der Waals surface area contributed by atoms with E-state index < -0.39 is 16.3 Å². The summed E-state index contributed by atoms with van der Waals surface area (Å²) in [4.78, 5) is 28.6. The van der Waals surface area contributed by atoms with Gasteiger partial charge in [0.25, 0.3) is 10.2 Å². The van der Waals surface area contributed by atoms with E-state index in [2.05, 4.69) is 0 Å². The number of carbonyl (C=O) groups excluding carboxylic acids is 2. The average molecular weight is 388 g/mol. The van der Waals surface area contributed by atoms with E-state index in [0.717, 1.165) is 0 Å². The maximum atomic E-state index is 13.0. The summed E-state index contributed by atoms with van der Waals surface area (Å²) < 4.78 is 34.0. The number of rotatable bonds is 4. The number of ether oxygens (including phenoxy) is 1. The second-order valence-electron chi connectivity index (χ2n) is 7.45. The molecular weight excluding hydrogens is 360 g/mol. The van der Waals surface area contributed by atoms with Crippen LogP contribution in [0.25, 0.3) is 0 Å². The van der Waals surface area contributed by atoms with E-state index >= 15 is 0 Å². The monoisotopic (exact) mass is 388 g/mol. The maximum absolute atomic E-state index is 13.0. The molecule has 0 aliphatic carbocycles. The van der Waals surface area contributed by atoms with E-state index in [4.69, 9.17) is 4.74 Å². The number of hydrogen-bond donors (Lipinski definition) is 0. The highest BCUT2D eigenvalue weighted by molar-refractivity contribution is 7.86. The lowest BCUT2D eigenvalue weighted by atomic mass is 10.1. The molecule has 0 bridgehead atoms. The molecule has 0 spiro atoms. The Hall–Kier alpha value is -1.23. The summed E-state index contributed by atoms with van der Waals surface area (Å²) in [6.45, 7) is 6.73. The number of morpholine rings is 1. The Bertz CT molecular complexity index is 647. The Labute approximate surface area is 155 Å². The van der Waals surface area contributed by atoms with Crippen LogP contribution in [-0.4, -0.2) is 104 Å². The maximum Gasteiger partial charge on any atom is 0.282 e. The lowest BCUT2D eigenvalue weighted by molar-refractivity contribution is -0.156. The van der Waals surface area contributed by atoms with Crippen LogP contribution in [-0.2, 0) is 24.5 Å². The standard InChI is InChI=1S/C16H28N4O5S/c1-13(2)10-17-12-15(21)20-5-3-4-19(11-14(20)16(17)22)26(23,24)18-6-8-25-9-7-18/h13-14H,3-12H2,1-2H3. The van der Waals surface area contributed by atoms with Crippen molar-refractivity contribution in [3.63, 3.8) is 0 Å². The van der Waals surface area contributed by atoms with Gasteiger partial charge in [0.1, 0.15) is 6.04 Å². The van der Waals surface area contributed by atoms with Crippen LogP contribution < -0.4 is 0 Å². The van der Waals surface area contributed by atoms with Crippen molar-refractivity contribution in [3.8, 4) is 0 Å². The lowest BCUT2D eigenvalue weighted by Gasteiger charge is -2.41. The second kappa shape index (κ2) is 7.79. The minimum atomic E-state index is -3.66. The van der Waals surface area contributed by atoms with E-state index in [9.17, 15) is 18.0 Å². The summed E-state index contributed by atoms with van der Waals surface area (Å²) in [5.74, 6) is 0.000474. The van der Waals surface area contributed by atoms with Crippen LogP contribution in [0.3, 0.4) is 0 Å². The van der Waals surface area contributed by atoms with Gasteiger partial charge >= 0.3 is 0 Å². The third-order valence-corrected chi connectivity index (χ3v) is 7.01. The fourth-order valence-electron chi connectivity index (χ4n) is 3.75. The fraction of sp³-hybridized carbons (Fsp3) is 0.875. The van der Waals surface area contributed by atoms with Gasteiger partial charge in [-0.25, -0.2) is 0 Å². The minimum absolute atomic E-state index is 0.0266. The van der Waals surface area contributed by atoms with Gasteiger partial charge in [0.05, 0.1) is 19.8 Å². The minimum Gasteiger partial charge on any atom is -0.379 e. The molecule has 0 aromatic rings. The second-order valence-corrected chi connectivity index (χ2v) is 9.37. The molecule has 3 rings (SSSR count). The zero-order chi connectivity index (χ0) is 18.9. The van der Waals surface area contributed by atoms with Crippen molar-refractivity contribution >= 4 is 22.0 Å². The number of piperazine rings is 1. The molecule has 0 saturated carbocycles. The first-order chi connectivity index (χ1) is 12.3. The predicted molar refractivity (Wildman–Crippen MR) is 94.4 cm³/mol. The van der Waals surface area contributed by atoms with Gasteiger partial charge in [0.2, 0.25) is 11.8 Å². The largest absolute Gasteiger partial charge is 0.379 e. The predicted octanol–water partition coefficient (Wildman–Crippen LogP) is -1.04. The van der Waals surface area contributed by atoms with Crippen LogP contribution in [0.15, 0.2) is 0 Å². The van der Waals surface area contributed by atoms with Crippen LogP contribution in [0.1, 0.15) is 20.3 Å². The zero-order valence-electron chi connectivity index (χ0n) is 15.5. The SMILES string of the molecule is CC(C)CN1CC(=O)N2CCCN(S(=O)(=O)N3CCOCC3)CC2C1=O. The molecule has 1 atom stereocenters. The quantitative estimate of drug-likeness (QED) is 0.614. The van der Waals surface area contributed by atoms with Gasteiger partial charge < -0.3 is 14.5 Å². The molecule has 0 aromatic heterocycles. The molecular formula is C16H28N4O5S. The number of hydrogen-bond acceptors (Lipinski definition) is 5. The van der Waals surface area contributed by atoms with Gasteiger partial charge in [0, 0.05) is 39.3 Å². The highest BCUT2D eigenvalue weighted by atomic mass is 32.2. The Morgan fingerprint density at radius 1 is 1.08 bits per heavy atom. The molecule has 3 aliphatic heterocycles. The summed E-state index contributed by atoms with van der Waals surface area (Å²) in [6.07, 6.45) is 0.531. The molecule has 3 heterocycles. The van der Waals surface area contributed by atoms with Gasteiger partial charge in [-0.1, -0.05) is 13.8 Å².